The van der Waals surface area contributed by atoms with Gasteiger partial charge in [0, 0.05) is 33.3 Å². The summed E-state index contributed by atoms with van der Waals surface area (Å²) >= 11 is 0. The quantitative estimate of drug-likeness (QED) is 0.141. The second-order valence-corrected chi connectivity index (χ2v) is 12.5. The maximum atomic E-state index is 10.0. The minimum absolute atomic E-state index is 0.167. The van der Waals surface area contributed by atoms with E-state index in [1.807, 2.05) is 0 Å². The van der Waals surface area contributed by atoms with E-state index in [0.717, 1.165) is 0 Å². The normalized spacial score (nSPS) is 20.7. The molecule has 0 fully saturated rings. The van der Waals surface area contributed by atoms with Crippen molar-refractivity contribution in [2.75, 3.05) is 4.90 Å². The zero-order chi connectivity index (χ0) is 77.8. The third kappa shape index (κ3) is 6.84. The first-order valence-electron chi connectivity index (χ1n) is 38.8. The van der Waals surface area contributed by atoms with Gasteiger partial charge in [-0.3, -0.25) is 0 Å². The van der Waals surface area contributed by atoms with Crippen LogP contribution in [0.25, 0.3) is 83.1 Å². The van der Waals surface area contributed by atoms with Gasteiger partial charge >= 0.3 is 0 Å². The second-order valence-electron chi connectivity index (χ2n) is 12.5. The molecule has 1 aromatic heterocycles. The van der Waals surface area contributed by atoms with Gasteiger partial charge in [-0.25, -0.2) is 0 Å². The third-order valence-corrected chi connectivity index (χ3v) is 8.99. The molecule has 292 valence electrons. The van der Waals surface area contributed by atoms with Crippen molar-refractivity contribution in [3.05, 3.63) is 254 Å². The Morgan fingerprint density at radius 2 is 0.694 bits per heavy atom. The number of fused-ring (bicyclic) bond motifs is 3. The Kier molecular flexibility index (Phi) is 3.48. The van der Waals surface area contributed by atoms with E-state index in [2.05, 4.69) is 0 Å². The molecule has 10 aromatic carbocycles. The maximum absolute atomic E-state index is 10.0. The average Bonchev–Trinajstić information content (AvgIpc) is 1.51. The summed E-state index contributed by atoms with van der Waals surface area (Å²) in [5.41, 5.74) is -17.0. The molecule has 0 unspecified atom stereocenters. The molecule has 0 saturated carbocycles. The lowest BCUT2D eigenvalue weighted by Gasteiger charge is -2.28. The monoisotopic (exact) mass is 833 g/mol. The predicted octanol–water partition coefficient (Wildman–Crippen LogP) is 16.6. The van der Waals surface area contributed by atoms with E-state index in [-0.39, 0.29) is 4.90 Å². The Balaban J connectivity index is 1.30. The number of hydrogen-bond acceptors (Lipinski definition) is 1. The van der Waals surface area contributed by atoms with Crippen molar-refractivity contribution in [3.8, 4) is 61.3 Å². The van der Waals surface area contributed by atoms with Crippen LogP contribution in [0.15, 0.2) is 254 Å². The predicted molar refractivity (Wildman–Crippen MR) is 263 cm³/mol. The molecule has 0 amide bonds. The van der Waals surface area contributed by atoms with Gasteiger partial charge < -0.3 is 9.47 Å². The van der Waals surface area contributed by atoms with Gasteiger partial charge in [-0.2, -0.15) is 0 Å². The van der Waals surface area contributed by atoms with E-state index in [4.69, 9.17) is 31.5 Å². The van der Waals surface area contributed by atoms with Crippen LogP contribution in [0.3, 0.4) is 0 Å². The standard InChI is InChI=1S/C60H42N2/c1-4-16-43(17-5-1)44-28-30-45(31-29-44)46-32-37-51(38-33-46)61(57-25-13-10-22-53(57)48-18-6-2-7-19-48)52-39-34-47(35-40-52)50-36-41-60-56(42-50)55-24-12-15-27-59(55)62(60)58-26-14-11-23-54(58)49-20-8-3-9-21-49/h1-42H/i1D,2D,3D,4D,5D,6D,7D,8D,9D,10D,11D,12D,13D,14D,15D,16D,17D,18D,19D,20D,21D,22D,23D,24D,25D,26D,27D,28D,29D,30D,31D,32D,33D,34D,35D,36D,37D,38D,39D,40D,41D,42D. The Bertz CT molecular complexity index is 5660. The van der Waals surface area contributed by atoms with Gasteiger partial charge in [-0.05, 0) is 98.9 Å². The Hall–Kier alpha value is -8.20. The lowest BCUT2D eigenvalue weighted by molar-refractivity contribution is 1.18. The number of anilines is 3. The molecule has 0 aliphatic rings. The molecule has 0 spiro atoms. The summed E-state index contributed by atoms with van der Waals surface area (Å²) in [5.74, 6) is 0. The van der Waals surface area contributed by atoms with Crippen LogP contribution in [0.2, 0.25) is 0 Å². The molecule has 0 bridgehead atoms. The highest BCUT2D eigenvalue weighted by molar-refractivity contribution is 6.11. The minimum atomic E-state index is -1.51. The van der Waals surface area contributed by atoms with Gasteiger partial charge in [-0.1, -0.05) is 199 Å². The summed E-state index contributed by atoms with van der Waals surface area (Å²) in [7, 11) is 0. The molecular weight excluding hydrogens is 749 g/mol. The van der Waals surface area contributed by atoms with Crippen LogP contribution in [0, 0.1) is 0 Å². The zero-order valence-electron chi connectivity index (χ0n) is 72.9. The first-order chi connectivity index (χ1) is 48.2. The zero-order valence-corrected chi connectivity index (χ0v) is 30.9. The number of para-hydroxylation sites is 3. The van der Waals surface area contributed by atoms with E-state index < -0.39 is 354 Å². The van der Waals surface area contributed by atoms with E-state index in [1.54, 1.807) is 0 Å². The molecule has 2 heteroatoms. The van der Waals surface area contributed by atoms with Crippen molar-refractivity contribution in [3.63, 3.8) is 0 Å². The minimum Gasteiger partial charge on any atom is -0.310 e. The van der Waals surface area contributed by atoms with Crippen molar-refractivity contribution in [1.29, 1.82) is 0 Å². The smallest absolute Gasteiger partial charge is 0.0645 e. The van der Waals surface area contributed by atoms with Gasteiger partial charge in [0.25, 0.3) is 0 Å². The molecule has 11 rings (SSSR count). The molecule has 1 heterocycles. The number of nitrogens with zero attached hydrogens (tertiary/aromatic N) is 2. The van der Waals surface area contributed by atoms with Gasteiger partial charge in [0.05, 0.1) is 80.0 Å². The Morgan fingerprint density at radius 3 is 1.31 bits per heavy atom. The summed E-state index contributed by atoms with van der Waals surface area (Å²) in [6, 6.07) is -49.7. The van der Waals surface area contributed by atoms with Crippen molar-refractivity contribution >= 4 is 38.9 Å². The van der Waals surface area contributed by atoms with Crippen LogP contribution in [-0.2, 0) is 0 Å². The molecule has 0 saturated heterocycles. The van der Waals surface area contributed by atoms with Crippen molar-refractivity contribution in [2.45, 2.75) is 0 Å². The van der Waals surface area contributed by atoms with Crippen molar-refractivity contribution in [1.82, 2.24) is 4.57 Å². The molecule has 0 radical (unpaired) electrons. The van der Waals surface area contributed by atoms with E-state index in [0.29, 0.717) is 4.57 Å². The summed E-state index contributed by atoms with van der Waals surface area (Å²) in [6.07, 6.45) is 0. The van der Waals surface area contributed by atoms with Gasteiger partial charge in [-0.15, -0.1) is 0 Å². The lowest BCUT2D eigenvalue weighted by Crippen LogP contribution is -2.11. The fraction of sp³-hybridized carbons (Fsp3) is 0. The van der Waals surface area contributed by atoms with Crippen LogP contribution >= 0.6 is 0 Å². The van der Waals surface area contributed by atoms with Crippen LogP contribution in [0.5, 0.6) is 0 Å². The Morgan fingerprint density at radius 1 is 0.290 bits per heavy atom. The molecule has 11 aromatic rings. The van der Waals surface area contributed by atoms with Gasteiger partial charge in [0.1, 0.15) is 0 Å². The second kappa shape index (κ2) is 16.1. The van der Waals surface area contributed by atoms with Crippen LogP contribution in [-0.4, -0.2) is 4.57 Å². The van der Waals surface area contributed by atoms with Gasteiger partial charge in [0.2, 0.25) is 0 Å². The summed E-state index contributed by atoms with van der Waals surface area (Å²) in [5, 5.41) is -1.66. The molecule has 62 heavy (non-hydrogen) atoms. The Labute approximate surface area is 421 Å². The van der Waals surface area contributed by atoms with E-state index >= 15 is 0 Å². The fourth-order valence-corrected chi connectivity index (χ4v) is 6.28. The number of hydrogen-bond donors (Lipinski definition) is 0. The largest absolute Gasteiger partial charge is 0.310 e. The number of aromatic nitrogens is 1. The molecule has 0 aliphatic carbocycles. The van der Waals surface area contributed by atoms with Crippen LogP contribution in [0.4, 0.5) is 17.1 Å². The van der Waals surface area contributed by atoms with Gasteiger partial charge in [0.15, 0.2) is 0 Å². The first kappa shape index (κ1) is 13.4. The molecule has 0 aliphatic heterocycles. The summed E-state index contributed by atoms with van der Waals surface area (Å²) < 4.78 is 382. The third-order valence-electron chi connectivity index (χ3n) is 8.99. The van der Waals surface area contributed by atoms with Crippen molar-refractivity contribution < 1.29 is 57.6 Å². The highest BCUT2D eigenvalue weighted by atomic mass is 15.1. The average molecular weight is 833 g/mol. The van der Waals surface area contributed by atoms with Crippen molar-refractivity contribution in [2.24, 2.45) is 0 Å². The molecular formula is C60H42N2. The first-order valence-corrected chi connectivity index (χ1v) is 17.8. The number of benzene rings is 10. The number of rotatable bonds is 9. The fourth-order valence-electron chi connectivity index (χ4n) is 6.28. The van der Waals surface area contributed by atoms with E-state index in [9.17, 15) is 26.0 Å². The topological polar surface area (TPSA) is 8.17 Å². The highest BCUT2D eigenvalue weighted by Gasteiger charge is 2.19. The summed E-state index contributed by atoms with van der Waals surface area (Å²) in [6.45, 7) is 0. The summed E-state index contributed by atoms with van der Waals surface area (Å²) in [4.78, 5) is 0.167. The van der Waals surface area contributed by atoms with E-state index in [1.165, 1.54) is 0 Å². The highest BCUT2D eigenvalue weighted by Crippen LogP contribution is 2.43. The molecule has 2 nitrogen and oxygen atoms in total. The van der Waals surface area contributed by atoms with Crippen LogP contribution < -0.4 is 4.90 Å². The maximum Gasteiger partial charge on any atom is 0.0645 e. The molecule has 0 atom stereocenters. The molecule has 0 N–H and O–H groups in total. The van der Waals surface area contributed by atoms with Crippen LogP contribution in [0.1, 0.15) is 57.6 Å². The lowest BCUT2D eigenvalue weighted by atomic mass is 9.99. The SMILES string of the molecule is [2H]c1c([2H])c([2H])c(-c2c([2H])c([2H])c(-c3c([2H])c([2H])c(N(c4c([2H])c([2H])c(-c5c([2H])c([2H])c6c(c5[2H])c5c([2H])c([2H])c([2H])c([2H])c5n6-c5c([2H])c([2H])c([2H])c([2H])c5-c5c([2H])c([2H])c([2H])c([2H])c5[2H])c([2H])c4[2H])c4c([2H])c([2H])c([2H])c([2H])c4-c4c([2H])c([2H])c([2H])c([2H])c4[2H])c([2H])c3[2H])c([2H])c2[2H])c([2H])c1[2H].